The van der Waals surface area contributed by atoms with Gasteiger partial charge in [-0.1, -0.05) is 46.5 Å². The van der Waals surface area contributed by atoms with Crippen molar-refractivity contribution in [3.63, 3.8) is 0 Å². The highest BCUT2D eigenvalue weighted by molar-refractivity contribution is 4.93. The molecule has 0 aromatic rings. The lowest BCUT2D eigenvalue weighted by Crippen LogP contribution is -2.49. The van der Waals surface area contributed by atoms with E-state index >= 15 is 0 Å². The normalized spacial score (nSPS) is 29.8. The standard InChI is InChI=1S/C14H29N/c1-4-9-13(3)14(10-5-2)11-7-6-8-12-15-14/h13,15H,4-12H2,1-3H3. The van der Waals surface area contributed by atoms with Gasteiger partial charge in [0.2, 0.25) is 0 Å². The van der Waals surface area contributed by atoms with Gasteiger partial charge in [-0.25, -0.2) is 0 Å². The predicted octanol–water partition coefficient (Wildman–Crippen LogP) is 4.13. The van der Waals surface area contributed by atoms with Gasteiger partial charge in [0.1, 0.15) is 0 Å². The van der Waals surface area contributed by atoms with E-state index in [2.05, 4.69) is 26.1 Å². The van der Waals surface area contributed by atoms with E-state index in [1.807, 2.05) is 0 Å². The highest BCUT2D eigenvalue weighted by atomic mass is 15.0. The fourth-order valence-electron chi connectivity index (χ4n) is 3.20. The molecule has 1 aliphatic rings. The molecule has 0 amide bonds. The van der Waals surface area contributed by atoms with Crippen LogP contribution in [-0.4, -0.2) is 12.1 Å². The Morgan fingerprint density at radius 2 is 1.93 bits per heavy atom. The first kappa shape index (κ1) is 13.0. The van der Waals surface area contributed by atoms with Gasteiger partial charge in [-0.05, 0) is 38.1 Å². The first-order chi connectivity index (χ1) is 7.25. The van der Waals surface area contributed by atoms with Crippen LogP contribution in [-0.2, 0) is 0 Å². The molecule has 0 aromatic carbocycles. The van der Waals surface area contributed by atoms with Crippen molar-refractivity contribution in [1.82, 2.24) is 5.32 Å². The molecule has 1 aliphatic heterocycles. The summed E-state index contributed by atoms with van der Waals surface area (Å²) in [5.74, 6) is 0.848. The lowest BCUT2D eigenvalue weighted by atomic mass is 9.76. The van der Waals surface area contributed by atoms with Crippen LogP contribution >= 0.6 is 0 Å². The van der Waals surface area contributed by atoms with Crippen molar-refractivity contribution in [2.24, 2.45) is 5.92 Å². The van der Waals surface area contributed by atoms with Gasteiger partial charge in [0.05, 0.1) is 0 Å². The van der Waals surface area contributed by atoms with Gasteiger partial charge in [-0.15, -0.1) is 0 Å². The average Bonchev–Trinajstić information content (AvgIpc) is 2.45. The van der Waals surface area contributed by atoms with E-state index in [0.717, 1.165) is 5.92 Å². The molecule has 1 rings (SSSR count). The van der Waals surface area contributed by atoms with Gasteiger partial charge in [-0.2, -0.15) is 0 Å². The van der Waals surface area contributed by atoms with E-state index in [-0.39, 0.29) is 0 Å². The maximum absolute atomic E-state index is 3.88. The summed E-state index contributed by atoms with van der Waals surface area (Å²) in [6.45, 7) is 8.34. The average molecular weight is 211 g/mol. The number of hydrogen-bond donors (Lipinski definition) is 1. The summed E-state index contributed by atoms with van der Waals surface area (Å²) in [7, 11) is 0. The van der Waals surface area contributed by atoms with Gasteiger partial charge in [-0.3, -0.25) is 0 Å². The minimum absolute atomic E-state index is 0.473. The number of hydrogen-bond acceptors (Lipinski definition) is 1. The highest BCUT2D eigenvalue weighted by Gasteiger charge is 2.34. The highest BCUT2D eigenvalue weighted by Crippen LogP contribution is 2.33. The summed E-state index contributed by atoms with van der Waals surface area (Å²) in [6, 6.07) is 0. The molecule has 0 aromatic heterocycles. The molecular weight excluding hydrogens is 182 g/mol. The third-order valence-electron chi connectivity index (χ3n) is 4.14. The summed E-state index contributed by atoms with van der Waals surface area (Å²) < 4.78 is 0. The topological polar surface area (TPSA) is 12.0 Å². The molecule has 1 fully saturated rings. The molecule has 1 saturated heterocycles. The fourth-order valence-corrected chi connectivity index (χ4v) is 3.20. The molecule has 1 heteroatoms. The third kappa shape index (κ3) is 3.48. The molecule has 2 unspecified atom stereocenters. The Morgan fingerprint density at radius 1 is 1.13 bits per heavy atom. The lowest BCUT2D eigenvalue weighted by Gasteiger charge is -2.40. The quantitative estimate of drug-likeness (QED) is 0.721. The van der Waals surface area contributed by atoms with E-state index in [1.165, 1.54) is 57.9 Å². The maximum Gasteiger partial charge on any atom is 0.0206 e. The lowest BCUT2D eigenvalue weighted by molar-refractivity contribution is 0.185. The smallest absolute Gasteiger partial charge is 0.0206 e. The second-order valence-electron chi connectivity index (χ2n) is 5.33. The fraction of sp³-hybridized carbons (Fsp3) is 1.00. The molecule has 0 saturated carbocycles. The van der Waals surface area contributed by atoms with Crippen LogP contribution in [0.15, 0.2) is 0 Å². The molecule has 0 spiro atoms. The van der Waals surface area contributed by atoms with E-state index in [9.17, 15) is 0 Å². The first-order valence-electron chi connectivity index (χ1n) is 7.00. The Balaban J connectivity index is 2.65. The molecule has 2 atom stereocenters. The minimum Gasteiger partial charge on any atom is -0.311 e. The summed E-state index contributed by atoms with van der Waals surface area (Å²) in [5.41, 5.74) is 0.473. The molecular formula is C14H29N. The van der Waals surface area contributed by atoms with E-state index < -0.39 is 0 Å². The van der Waals surface area contributed by atoms with Crippen molar-refractivity contribution in [3.05, 3.63) is 0 Å². The van der Waals surface area contributed by atoms with Gasteiger partial charge < -0.3 is 5.32 Å². The maximum atomic E-state index is 3.88. The Morgan fingerprint density at radius 3 is 2.60 bits per heavy atom. The zero-order chi connectivity index (χ0) is 11.1. The Hall–Kier alpha value is -0.0400. The summed E-state index contributed by atoms with van der Waals surface area (Å²) in [4.78, 5) is 0. The van der Waals surface area contributed by atoms with Gasteiger partial charge in [0, 0.05) is 5.54 Å². The Labute approximate surface area is 96.0 Å². The molecule has 0 bridgehead atoms. The van der Waals surface area contributed by atoms with Crippen LogP contribution in [0.5, 0.6) is 0 Å². The Bertz CT molecular complexity index is 157. The van der Waals surface area contributed by atoms with Crippen molar-refractivity contribution in [2.75, 3.05) is 6.54 Å². The monoisotopic (exact) mass is 211 g/mol. The van der Waals surface area contributed by atoms with Crippen LogP contribution in [0.1, 0.15) is 72.1 Å². The van der Waals surface area contributed by atoms with Gasteiger partial charge in [0.25, 0.3) is 0 Å². The van der Waals surface area contributed by atoms with E-state index in [4.69, 9.17) is 0 Å². The zero-order valence-electron chi connectivity index (χ0n) is 10.9. The number of nitrogens with one attached hydrogen (secondary N) is 1. The Kier molecular flexibility index (Phi) is 5.66. The van der Waals surface area contributed by atoms with Crippen LogP contribution in [0.2, 0.25) is 0 Å². The van der Waals surface area contributed by atoms with Crippen LogP contribution in [0.25, 0.3) is 0 Å². The van der Waals surface area contributed by atoms with E-state index in [1.54, 1.807) is 0 Å². The largest absolute Gasteiger partial charge is 0.311 e. The van der Waals surface area contributed by atoms with Gasteiger partial charge in [0.15, 0.2) is 0 Å². The minimum atomic E-state index is 0.473. The summed E-state index contributed by atoms with van der Waals surface area (Å²) in [5, 5.41) is 3.88. The third-order valence-corrected chi connectivity index (χ3v) is 4.14. The van der Waals surface area contributed by atoms with Crippen molar-refractivity contribution in [1.29, 1.82) is 0 Å². The molecule has 90 valence electrons. The first-order valence-corrected chi connectivity index (χ1v) is 7.00. The summed E-state index contributed by atoms with van der Waals surface area (Å²) in [6.07, 6.45) is 11.0. The number of rotatable bonds is 5. The second kappa shape index (κ2) is 6.52. The van der Waals surface area contributed by atoms with Crippen LogP contribution in [0.4, 0.5) is 0 Å². The van der Waals surface area contributed by atoms with Crippen LogP contribution in [0.3, 0.4) is 0 Å². The molecule has 1 nitrogen and oxygen atoms in total. The van der Waals surface area contributed by atoms with Crippen molar-refractivity contribution >= 4 is 0 Å². The predicted molar refractivity (Wildman–Crippen MR) is 68.2 cm³/mol. The summed E-state index contributed by atoms with van der Waals surface area (Å²) >= 11 is 0. The molecule has 15 heavy (non-hydrogen) atoms. The van der Waals surface area contributed by atoms with Gasteiger partial charge >= 0.3 is 0 Å². The SMILES string of the molecule is CCCC(C)C1(CCC)CCCCCN1. The second-order valence-corrected chi connectivity index (χ2v) is 5.33. The molecule has 1 N–H and O–H groups in total. The molecule has 0 radical (unpaired) electrons. The van der Waals surface area contributed by atoms with Crippen molar-refractivity contribution < 1.29 is 0 Å². The van der Waals surface area contributed by atoms with Crippen LogP contribution < -0.4 is 5.32 Å². The zero-order valence-corrected chi connectivity index (χ0v) is 10.9. The molecule has 0 aliphatic carbocycles. The van der Waals surface area contributed by atoms with Crippen molar-refractivity contribution in [3.8, 4) is 0 Å². The van der Waals surface area contributed by atoms with E-state index in [0.29, 0.717) is 5.54 Å². The molecule has 1 heterocycles. The van der Waals surface area contributed by atoms with Crippen molar-refractivity contribution in [2.45, 2.75) is 77.7 Å². The van der Waals surface area contributed by atoms with Crippen LogP contribution in [0, 0.1) is 5.92 Å².